The van der Waals surface area contributed by atoms with Crippen molar-refractivity contribution in [2.24, 2.45) is 5.73 Å². The molecular formula is C11H24N2O2S. The smallest absolute Gasteiger partial charge is 0.150 e. The van der Waals surface area contributed by atoms with Crippen molar-refractivity contribution in [3.63, 3.8) is 0 Å². The van der Waals surface area contributed by atoms with E-state index in [4.69, 9.17) is 5.73 Å². The molecule has 0 aromatic carbocycles. The highest BCUT2D eigenvalue weighted by Gasteiger charge is 2.39. The predicted molar refractivity (Wildman–Crippen MR) is 67.2 cm³/mol. The van der Waals surface area contributed by atoms with Gasteiger partial charge in [-0.05, 0) is 32.4 Å². The second-order valence-electron chi connectivity index (χ2n) is 4.66. The maximum absolute atomic E-state index is 11.5. The van der Waals surface area contributed by atoms with Crippen LogP contribution in [0.5, 0.6) is 0 Å². The van der Waals surface area contributed by atoms with Crippen LogP contribution in [0.3, 0.4) is 0 Å². The number of likely N-dealkylation sites (N-methyl/N-ethyl adjacent to an activating group) is 1. The van der Waals surface area contributed by atoms with E-state index in [0.29, 0.717) is 30.9 Å². The van der Waals surface area contributed by atoms with Crippen molar-refractivity contribution < 1.29 is 8.42 Å². The minimum absolute atomic E-state index is 0.0733. The molecule has 1 heterocycles. The summed E-state index contributed by atoms with van der Waals surface area (Å²) < 4.78 is 22.9. The molecule has 5 heteroatoms. The van der Waals surface area contributed by atoms with Crippen LogP contribution in [0.4, 0.5) is 0 Å². The van der Waals surface area contributed by atoms with Crippen LogP contribution in [0, 0.1) is 0 Å². The number of sulfone groups is 1. The lowest BCUT2D eigenvalue weighted by atomic mass is 9.90. The van der Waals surface area contributed by atoms with Crippen LogP contribution in [-0.4, -0.2) is 50.0 Å². The highest BCUT2D eigenvalue weighted by Crippen LogP contribution is 2.29. The van der Waals surface area contributed by atoms with Gasteiger partial charge in [-0.25, -0.2) is 8.42 Å². The second kappa shape index (κ2) is 5.47. The van der Waals surface area contributed by atoms with Crippen molar-refractivity contribution in [2.45, 2.75) is 38.6 Å². The van der Waals surface area contributed by atoms with Gasteiger partial charge in [0.2, 0.25) is 0 Å². The van der Waals surface area contributed by atoms with Gasteiger partial charge in [0.15, 0.2) is 0 Å². The van der Waals surface area contributed by atoms with E-state index in [1.54, 1.807) is 0 Å². The monoisotopic (exact) mass is 248 g/mol. The van der Waals surface area contributed by atoms with Crippen molar-refractivity contribution in [1.82, 2.24) is 4.90 Å². The highest BCUT2D eigenvalue weighted by molar-refractivity contribution is 7.91. The zero-order valence-electron chi connectivity index (χ0n) is 10.4. The van der Waals surface area contributed by atoms with Gasteiger partial charge in [-0.2, -0.15) is 0 Å². The van der Waals surface area contributed by atoms with Gasteiger partial charge < -0.3 is 5.73 Å². The molecule has 0 atom stereocenters. The number of nitrogens with zero attached hydrogens (tertiary/aromatic N) is 1. The molecule has 0 aromatic heterocycles. The first-order chi connectivity index (χ1) is 7.49. The average molecular weight is 248 g/mol. The zero-order valence-corrected chi connectivity index (χ0v) is 11.2. The molecule has 1 rings (SSSR count). The maximum Gasteiger partial charge on any atom is 0.150 e. The lowest BCUT2D eigenvalue weighted by Gasteiger charge is -2.45. The topological polar surface area (TPSA) is 63.4 Å². The molecule has 4 nitrogen and oxygen atoms in total. The Hall–Kier alpha value is -0.130. The average Bonchev–Trinajstić information content (AvgIpc) is 2.27. The summed E-state index contributed by atoms with van der Waals surface area (Å²) in [6.07, 6.45) is 2.47. The van der Waals surface area contributed by atoms with E-state index >= 15 is 0 Å². The molecule has 0 unspecified atom stereocenters. The molecule has 16 heavy (non-hydrogen) atoms. The van der Waals surface area contributed by atoms with E-state index in [1.807, 2.05) is 0 Å². The molecule has 1 aliphatic rings. The first kappa shape index (κ1) is 13.9. The first-order valence-electron chi connectivity index (χ1n) is 6.15. The Morgan fingerprint density at radius 1 is 1.25 bits per heavy atom. The van der Waals surface area contributed by atoms with E-state index in [-0.39, 0.29) is 5.54 Å². The molecule has 0 radical (unpaired) electrons. The van der Waals surface area contributed by atoms with Crippen molar-refractivity contribution in [3.05, 3.63) is 0 Å². The van der Waals surface area contributed by atoms with Crippen LogP contribution in [-0.2, 0) is 9.84 Å². The molecule has 0 aliphatic carbocycles. The molecule has 0 spiro atoms. The van der Waals surface area contributed by atoms with Crippen LogP contribution in [0.2, 0.25) is 0 Å². The third-order valence-corrected chi connectivity index (χ3v) is 5.34. The van der Waals surface area contributed by atoms with Gasteiger partial charge in [0, 0.05) is 12.1 Å². The van der Waals surface area contributed by atoms with Gasteiger partial charge in [-0.15, -0.1) is 0 Å². The van der Waals surface area contributed by atoms with Gasteiger partial charge in [0.05, 0.1) is 11.5 Å². The van der Waals surface area contributed by atoms with Crippen LogP contribution < -0.4 is 5.73 Å². The molecule has 0 amide bonds. The first-order valence-corrected chi connectivity index (χ1v) is 7.97. The third kappa shape index (κ3) is 2.96. The molecule has 96 valence electrons. The van der Waals surface area contributed by atoms with Crippen molar-refractivity contribution in [1.29, 1.82) is 0 Å². The number of hydrogen-bond acceptors (Lipinski definition) is 4. The standard InChI is InChI=1S/C11H24N2O2S/c1-3-7-13(4-2)11(10-12)5-8-16(14,15)9-6-11/h3-10,12H2,1-2H3. The van der Waals surface area contributed by atoms with Gasteiger partial charge in [-0.1, -0.05) is 13.8 Å². The summed E-state index contributed by atoms with van der Waals surface area (Å²) >= 11 is 0. The Balaban J connectivity index is 2.78. The Bertz CT molecular complexity index is 300. The Morgan fingerprint density at radius 2 is 1.81 bits per heavy atom. The molecule has 1 saturated heterocycles. The van der Waals surface area contributed by atoms with E-state index in [0.717, 1.165) is 19.5 Å². The van der Waals surface area contributed by atoms with Crippen molar-refractivity contribution in [2.75, 3.05) is 31.1 Å². The van der Waals surface area contributed by atoms with Crippen LogP contribution in [0.1, 0.15) is 33.1 Å². The summed E-state index contributed by atoms with van der Waals surface area (Å²) in [7, 11) is -2.80. The number of hydrogen-bond donors (Lipinski definition) is 1. The molecule has 0 saturated carbocycles. The summed E-state index contributed by atoms with van der Waals surface area (Å²) in [5.74, 6) is 0.592. The molecule has 1 fully saturated rings. The van der Waals surface area contributed by atoms with Gasteiger partial charge >= 0.3 is 0 Å². The maximum atomic E-state index is 11.5. The van der Waals surface area contributed by atoms with E-state index in [2.05, 4.69) is 18.7 Å². The fourth-order valence-electron chi connectivity index (χ4n) is 2.57. The second-order valence-corrected chi connectivity index (χ2v) is 6.96. The molecule has 1 aliphatic heterocycles. The van der Waals surface area contributed by atoms with E-state index in [1.165, 1.54) is 0 Å². The summed E-state index contributed by atoms with van der Waals surface area (Å²) in [4.78, 5) is 2.36. The molecular weight excluding hydrogens is 224 g/mol. The SMILES string of the molecule is CCCN(CC)C1(CN)CCS(=O)(=O)CC1. The highest BCUT2D eigenvalue weighted by atomic mass is 32.2. The van der Waals surface area contributed by atoms with Crippen LogP contribution in [0.15, 0.2) is 0 Å². The minimum Gasteiger partial charge on any atom is -0.329 e. The largest absolute Gasteiger partial charge is 0.329 e. The van der Waals surface area contributed by atoms with Crippen LogP contribution >= 0.6 is 0 Å². The fraction of sp³-hybridized carbons (Fsp3) is 1.00. The summed E-state index contributed by atoms with van der Waals surface area (Å²) in [6.45, 7) is 6.79. The molecule has 2 N–H and O–H groups in total. The van der Waals surface area contributed by atoms with E-state index in [9.17, 15) is 8.42 Å². The third-order valence-electron chi connectivity index (χ3n) is 3.68. The van der Waals surface area contributed by atoms with Crippen LogP contribution in [0.25, 0.3) is 0 Å². The summed E-state index contributed by atoms with van der Waals surface area (Å²) in [5.41, 5.74) is 5.82. The van der Waals surface area contributed by atoms with Crippen molar-refractivity contribution >= 4 is 9.84 Å². The lowest BCUT2D eigenvalue weighted by molar-refractivity contribution is 0.0888. The minimum atomic E-state index is -2.80. The number of rotatable bonds is 5. The van der Waals surface area contributed by atoms with Gasteiger partial charge in [0.1, 0.15) is 9.84 Å². The summed E-state index contributed by atoms with van der Waals surface area (Å²) in [5, 5.41) is 0. The molecule has 0 aromatic rings. The Labute approximate surface area is 99.1 Å². The molecule has 0 bridgehead atoms. The van der Waals surface area contributed by atoms with Crippen molar-refractivity contribution in [3.8, 4) is 0 Å². The summed E-state index contributed by atoms with van der Waals surface area (Å²) in [6, 6.07) is 0. The Morgan fingerprint density at radius 3 is 2.19 bits per heavy atom. The Kier molecular flexibility index (Phi) is 4.76. The number of nitrogens with two attached hydrogens (primary N) is 1. The van der Waals surface area contributed by atoms with Gasteiger partial charge in [0.25, 0.3) is 0 Å². The van der Waals surface area contributed by atoms with E-state index < -0.39 is 9.84 Å². The lowest BCUT2D eigenvalue weighted by Crippen LogP contribution is -2.57. The normalized spacial score (nSPS) is 23.5. The fourth-order valence-corrected chi connectivity index (χ4v) is 4.15. The van der Waals surface area contributed by atoms with Gasteiger partial charge in [-0.3, -0.25) is 4.90 Å². The predicted octanol–water partition coefficient (Wildman–Crippen LogP) is 0.624. The zero-order chi connectivity index (χ0) is 12.2. The quantitative estimate of drug-likeness (QED) is 0.775.